The normalized spacial score (nSPS) is 9.67. The van der Waals surface area contributed by atoms with Crippen LogP contribution in [-0.2, 0) is 9.59 Å². The predicted octanol–water partition coefficient (Wildman–Crippen LogP) is -0.437. The molecule has 82 valence electrons. The minimum atomic E-state index is -1.11. The molecule has 1 aromatic heterocycles. The van der Waals surface area contributed by atoms with Gasteiger partial charge in [-0.05, 0) is 12.1 Å². The van der Waals surface area contributed by atoms with Crippen LogP contribution < -0.4 is 10.1 Å². The van der Waals surface area contributed by atoms with Crippen molar-refractivity contribution in [2.75, 3.05) is 13.2 Å². The topological polar surface area (TPSA) is 102 Å². The first kappa shape index (κ1) is 11.0. The van der Waals surface area contributed by atoms with E-state index in [9.17, 15) is 9.59 Å². The van der Waals surface area contributed by atoms with Gasteiger partial charge in [0.15, 0.2) is 6.61 Å². The zero-order valence-corrected chi connectivity index (χ0v) is 8.02. The number of hydrogen-bond donors (Lipinski definition) is 2. The van der Waals surface area contributed by atoms with Crippen molar-refractivity contribution in [3.05, 3.63) is 11.8 Å². The Hall–Kier alpha value is -2.05. The van der Waals surface area contributed by atoms with Crippen LogP contribution in [0.3, 0.4) is 0 Å². The Morgan fingerprint density at radius 3 is 2.93 bits per heavy atom. The van der Waals surface area contributed by atoms with Gasteiger partial charge >= 0.3 is 5.97 Å². The van der Waals surface area contributed by atoms with Crippen molar-refractivity contribution in [3.8, 4) is 5.88 Å². The molecule has 0 aliphatic rings. The molecule has 1 amide bonds. The van der Waals surface area contributed by atoms with Crippen molar-refractivity contribution in [3.63, 3.8) is 0 Å². The third-order valence-corrected chi connectivity index (χ3v) is 1.39. The molecule has 0 atom stereocenters. The van der Waals surface area contributed by atoms with Crippen molar-refractivity contribution in [1.29, 1.82) is 0 Å². The number of carboxylic acids is 1. The van der Waals surface area contributed by atoms with Crippen LogP contribution in [0.4, 0.5) is 0 Å². The molecule has 1 heterocycles. The van der Waals surface area contributed by atoms with E-state index < -0.39 is 18.4 Å². The summed E-state index contributed by atoms with van der Waals surface area (Å²) in [5, 5.41) is 13.9. The monoisotopic (exact) mass is 214 g/mol. The molecule has 0 aromatic carbocycles. The Morgan fingerprint density at radius 2 is 2.40 bits per heavy atom. The number of carbonyl (C=O) groups excluding carboxylic acids is 1. The van der Waals surface area contributed by atoms with Crippen LogP contribution in [0.1, 0.15) is 5.76 Å². The van der Waals surface area contributed by atoms with Crippen LogP contribution in [0, 0.1) is 6.92 Å². The minimum absolute atomic E-state index is 0.193. The molecule has 0 radical (unpaired) electrons. The third kappa shape index (κ3) is 4.12. The number of carboxylic acid groups (broad SMARTS) is 1. The highest BCUT2D eigenvalue weighted by atomic mass is 16.5. The van der Waals surface area contributed by atoms with Gasteiger partial charge in [-0.2, -0.15) is 0 Å². The summed E-state index contributed by atoms with van der Waals surface area (Å²) in [6, 6.07) is 1.52. The number of nitrogens with one attached hydrogen (secondary N) is 1. The molecule has 0 bridgehead atoms. The van der Waals surface area contributed by atoms with Crippen LogP contribution in [0.2, 0.25) is 0 Å². The fourth-order valence-corrected chi connectivity index (χ4v) is 0.776. The highest BCUT2D eigenvalue weighted by Crippen LogP contribution is 2.08. The van der Waals surface area contributed by atoms with Gasteiger partial charge in [-0.1, -0.05) is 0 Å². The van der Waals surface area contributed by atoms with E-state index in [1.54, 1.807) is 6.92 Å². The van der Waals surface area contributed by atoms with E-state index in [2.05, 4.69) is 10.5 Å². The molecule has 15 heavy (non-hydrogen) atoms. The number of aromatic nitrogens is 1. The highest BCUT2D eigenvalue weighted by Gasteiger charge is 2.06. The molecule has 0 aliphatic heterocycles. The number of hydrogen-bond acceptors (Lipinski definition) is 5. The molecule has 0 unspecified atom stereocenters. The largest absolute Gasteiger partial charge is 0.480 e. The highest BCUT2D eigenvalue weighted by molar-refractivity contribution is 5.82. The van der Waals surface area contributed by atoms with E-state index in [1.807, 2.05) is 0 Å². The fourth-order valence-electron chi connectivity index (χ4n) is 0.776. The summed E-state index contributed by atoms with van der Waals surface area (Å²) in [6.07, 6.45) is 0. The van der Waals surface area contributed by atoms with E-state index in [0.29, 0.717) is 5.76 Å². The molecule has 2 N–H and O–H groups in total. The summed E-state index contributed by atoms with van der Waals surface area (Å²) in [5.41, 5.74) is 0. The molecule has 0 spiro atoms. The standard InChI is InChI=1S/C8H10N2O5/c1-5-2-7(10-15-5)14-4-6(11)9-3-8(12)13/h2H,3-4H2,1H3,(H,9,11)(H,12,13). The molecule has 0 aliphatic carbocycles. The van der Waals surface area contributed by atoms with E-state index in [4.69, 9.17) is 14.4 Å². The quantitative estimate of drug-likeness (QED) is 0.689. The van der Waals surface area contributed by atoms with E-state index in [-0.39, 0.29) is 12.5 Å². The fraction of sp³-hybridized carbons (Fsp3) is 0.375. The molecular formula is C8H10N2O5. The lowest BCUT2D eigenvalue weighted by molar-refractivity contribution is -0.138. The SMILES string of the molecule is Cc1cc(OCC(=O)NCC(=O)O)no1. The molecule has 0 saturated heterocycles. The second-order valence-electron chi connectivity index (χ2n) is 2.73. The van der Waals surface area contributed by atoms with Crippen molar-refractivity contribution >= 4 is 11.9 Å². The third-order valence-electron chi connectivity index (χ3n) is 1.39. The van der Waals surface area contributed by atoms with Gasteiger partial charge in [0.1, 0.15) is 12.3 Å². The zero-order valence-electron chi connectivity index (χ0n) is 8.02. The summed E-state index contributed by atoms with van der Waals surface area (Å²) >= 11 is 0. The van der Waals surface area contributed by atoms with Gasteiger partial charge < -0.3 is 19.7 Å². The Bertz CT molecular complexity index is 360. The molecule has 1 aromatic rings. The predicted molar refractivity (Wildman–Crippen MR) is 47.4 cm³/mol. The Morgan fingerprint density at radius 1 is 1.67 bits per heavy atom. The lowest BCUT2D eigenvalue weighted by Crippen LogP contribution is -2.33. The van der Waals surface area contributed by atoms with Gasteiger partial charge in [0.05, 0.1) is 0 Å². The van der Waals surface area contributed by atoms with Gasteiger partial charge in [-0.25, -0.2) is 0 Å². The molecule has 0 saturated carbocycles. The first-order valence-electron chi connectivity index (χ1n) is 4.12. The van der Waals surface area contributed by atoms with Crippen LogP contribution in [0.25, 0.3) is 0 Å². The second-order valence-corrected chi connectivity index (χ2v) is 2.73. The van der Waals surface area contributed by atoms with Crippen LogP contribution in [0.15, 0.2) is 10.6 Å². The van der Waals surface area contributed by atoms with Crippen LogP contribution in [0.5, 0.6) is 5.88 Å². The van der Waals surface area contributed by atoms with Gasteiger partial charge in [-0.3, -0.25) is 9.59 Å². The van der Waals surface area contributed by atoms with E-state index >= 15 is 0 Å². The van der Waals surface area contributed by atoms with Crippen molar-refractivity contribution in [2.24, 2.45) is 0 Å². The van der Waals surface area contributed by atoms with Gasteiger partial charge in [-0.15, -0.1) is 0 Å². The lowest BCUT2D eigenvalue weighted by atomic mass is 10.5. The molecule has 7 heteroatoms. The number of nitrogens with zero attached hydrogens (tertiary/aromatic N) is 1. The maximum atomic E-state index is 11.0. The Kier molecular flexibility index (Phi) is 3.67. The number of aryl methyl sites for hydroxylation is 1. The summed E-state index contributed by atoms with van der Waals surface area (Å²) in [6.45, 7) is 0.962. The molecular weight excluding hydrogens is 204 g/mol. The molecule has 0 fully saturated rings. The lowest BCUT2D eigenvalue weighted by Gasteiger charge is -2.01. The summed E-state index contributed by atoms with van der Waals surface area (Å²) < 4.78 is 9.61. The summed E-state index contributed by atoms with van der Waals surface area (Å²) in [4.78, 5) is 21.1. The summed E-state index contributed by atoms with van der Waals surface area (Å²) in [7, 11) is 0. The first-order chi connectivity index (χ1) is 7.08. The average Bonchev–Trinajstić information content (AvgIpc) is 2.58. The second kappa shape index (κ2) is 4.99. The zero-order chi connectivity index (χ0) is 11.3. The minimum Gasteiger partial charge on any atom is -0.480 e. The maximum Gasteiger partial charge on any atom is 0.322 e. The van der Waals surface area contributed by atoms with Gasteiger partial charge in [0.2, 0.25) is 0 Å². The Balaban J connectivity index is 2.25. The number of carbonyl (C=O) groups is 2. The Labute approximate surface area is 85.0 Å². The number of amides is 1. The smallest absolute Gasteiger partial charge is 0.322 e. The molecule has 7 nitrogen and oxygen atoms in total. The first-order valence-corrected chi connectivity index (χ1v) is 4.12. The van der Waals surface area contributed by atoms with Gasteiger partial charge in [0.25, 0.3) is 11.8 Å². The van der Waals surface area contributed by atoms with Crippen LogP contribution >= 0.6 is 0 Å². The number of ether oxygens (including phenoxy) is 1. The number of rotatable bonds is 5. The van der Waals surface area contributed by atoms with Crippen LogP contribution in [-0.4, -0.2) is 35.3 Å². The van der Waals surface area contributed by atoms with E-state index in [1.165, 1.54) is 6.07 Å². The van der Waals surface area contributed by atoms with Crippen molar-refractivity contribution < 1.29 is 24.0 Å². The maximum absolute atomic E-state index is 11.0. The van der Waals surface area contributed by atoms with Gasteiger partial charge in [0, 0.05) is 6.07 Å². The molecule has 1 rings (SSSR count). The van der Waals surface area contributed by atoms with E-state index in [0.717, 1.165) is 0 Å². The summed E-state index contributed by atoms with van der Waals surface area (Å²) in [5.74, 6) is -0.882. The number of aliphatic carboxylic acids is 1. The van der Waals surface area contributed by atoms with Crippen molar-refractivity contribution in [2.45, 2.75) is 6.92 Å². The van der Waals surface area contributed by atoms with Crippen molar-refractivity contribution in [1.82, 2.24) is 10.5 Å². The average molecular weight is 214 g/mol.